The summed E-state index contributed by atoms with van der Waals surface area (Å²) in [6, 6.07) is 6.84. The Morgan fingerprint density at radius 1 is 1.17 bits per heavy atom. The molecule has 0 spiro atoms. The van der Waals surface area contributed by atoms with Crippen molar-refractivity contribution in [3.8, 4) is 6.07 Å². The fraction of sp³-hybridized carbons (Fsp3) is 0.267. The standard InChI is InChI=1S/C15H14ClN5O2/c1-2-12(22)20-15-14(21-13(23)4-3-7-17)18-10-6-5-9(16)8-11(10)19-15/h5-6,8H,2-4H2,1H3,(H,18,21,23)(H,19,20,22). The SMILES string of the molecule is CCC(=O)Nc1nc2cc(Cl)ccc2nc1NC(=O)CCC#N. The lowest BCUT2D eigenvalue weighted by molar-refractivity contribution is -0.117. The molecule has 0 aliphatic rings. The summed E-state index contributed by atoms with van der Waals surface area (Å²) in [7, 11) is 0. The summed E-state index contributed by atoms with van der Waals surface area (Å²) >= 11 is 5.93. The molecule has 0 radical (unpaired) electrons. The van der Waals surface area contributed by atoms with Gasteiger partial charge in [0.1, 0.15) is 0 Å². The van der Waals surface area contributed by atoms with Gasteiger partial charge >= 0.3 is 0 Å². The van der Waals surface area contributed by atoms with Crippen molar-refractivity contribution in [3.63, 3.8) is 0 Å². The van der Waals surface area contributed by atoms with E-state index in [9.17, 15) is 9.59 Å². The van der Waals surface area contributed by atoms with Crippen molar-refractivity contribution in [1.29, 1.82) is 5.26 Å². The number of halogens is 1. The lowest BCUT2D eigenvalue weighted by atomic mass is 10.3. The fourth-order valence-electron chi connectivity index (χ4n) is 1.79. The summed E-state index contributed by atoms with van der Waals surface area (Å²) in [5, 5.41) is 14.2. The topological polar surface area (TPSA) is 108 Å². The van der Waals surface area contributed by atoms with Crippen molar-refractivity contribution in [3.05, 3.63) is 23.2 Å². The number of benzene rings is 1. The van der Waals surface area contributed by atoms with E-state index in [2.05, 4.69) is 20.6 Å². The first-order valence-corrected chi connectivity index (χ1v) is 7.35. The van der Waals surface area contributed by atoms with Gasteiger partial charge in [-0.25, -0.2) is 9.97 Å². The number of rotatable bonds is 5. The Morgan fingerprint density at radius 2 is 1.83 bits per heavy atom. The zero-order chi connectivity index (χ0) is 16.8. The minimum atomic E-state index is -0.374. The molecule has 2 N–H and O–H groups in total. The van der Waals surface area contributed by atoms with Crippen molar-refractivity contribution >= 4 is 46.1 Å². The molecular formula is C15H14ClN5O2. The normalized spacial score (nSPS) is 10.1. The molecule has 2 amide bonds. The van der Waals surface area contributed by atoms with E-state index in [1.165, 1.54) is 0 Å². The lowest BCUT2D eigenvalue weighted by Gasteiger charge is -2.11. The molecule has 23 heavy (non-hydrogen) atoms. The molecule has 2 rings (SSSR count). The van der Waals surface area contributed by atoms with Crippen molar-refractivity contribution in [2.45, 2.75) is 26.2 Å². The highest BCUT2D eigenvalue weighted by molar-refractivity contribution is 6.31. The third-order valence-corrected chi connectivity index (χ3v) is 3.16. The molecule has 0 atom stereocenters. The summed E-state index contributed by atoms with van der Waals surface area (Å²) in [5.41, 5.74) is 1.03. The summed E-state index contributed by atoms with van der Waals surface area (Å²) < 4.78 is 0. The molecule has 0 unspecified atom stereocenters. The Morgan fingerprint density at radius 3 is 2.48 bits per heavy atom. The minimum Gasteiger partial charge on any atom is -0.308 e. The second-order valence-corrected chi connectivity index (χ2v) is 5.10. The van der Waals surface area contributed by atoms with Crippen LogP contribution < -0.4 is 10.6 Å². The quantitative estimate of drug-likeness (QED) is 0.875. The van der Waals surface area contributed by atoms with Gasteiger partial charge in [-0.15, -0.1) is 0 Å². The van der Waals surface area contributed by atoms with Crippen LogP contribution in [0.1, 0.15) is 26.2 Å². The maximum absolute atomic E-state index is 11.8. The average Bonchev–Trinajstić information content (AvgIpc) is 2.53. The predicted molar refractivity (Wildman–Crippen MR) is 86.9 cm³/mol. The lowest BCUT2D eigenvalue weighted by Crippen LogP contribution is -2.18. The van der Waals surface area contributed by atoms with E-state index in [0.29, 0.717) is 16.1 Å². The number of anilines is 2. The summed E-state index contributed by atoms with van der Waals surface area (Å²) in [5.74, 6) is -0.337. The van der Waals surface area contributed by atoms with Crippen LogP contribution in [0.2, 0.25) is 5.02 Å². The van der Waals surface area contributed by atoms with E-state index in [-0.39, 0.29) is 42.7 Å². The molecule has 1 heterocycles. The van der Waals surface area contributed by atoms with E-state index in [4.69, 9.17) is 16.9 Å². The number of hydrogen-bond acceptors (Lipinski definition) is 5. The van der Waals surface area contributed by atoms with Gasteiger partial charge in [-0.05, 0) is 18.2 Å². The number of amides is 2. The Hall–Kier alpha value is -2.72. The van der Waals surface area contributed by atoms with Gasteiger partial charge in [-0.2, -0.15) is 5.26 Å². The van der Waals surface area contributed by atoms with Crippen molar-refractivity contribution in [2.75, 3.05) is 10.6 Å². The van der Waals surface area contributed by atoms with Gasteiger partial charge in [0.2, 0.25) is 11.8 Å². The molecule has 7 nitrogen and oxygen atoms in total. The molecule has 8 heteroatoms. The van der Waals surface area contributed by atoms with Crippen LogP contribution in [0.25, 0.3) is 11.0 Å². The molecule has 0 saturated heterocycles. The molecule has 0 bridgehead atoms. The number of hydrogen-bond donors (Lipinski definition) is 2. The van der Waals surface area contributed by atoms with Crippen LogP contribution in [0.15, 0.2) is 18.2 Å². The first-order valence-electron chi connectivity index (χ1n) is 6.97. The largest absolute Gasteiger partial charge is 0.308 e. The molecule has 1 aromatic heterocycles. The van der Waals surface area contributed by atoms with E-state index < -0.39 is 0 Å². The van der Waals surface area contributed by atoms with Crippen molar-refractivity contribution in [1.82, 2.24) is 9.97 Å². The Labute approximate surface area is 137 Å². The average molecular weight is 332 g/mol. The maximum atomic E-state index is 11.8. The molecular weight excluding hydrogens is 318 g/mol. The summed E-state index contributed by atoms with van der Waals surface area (Å²) in [6.07, 6.45) is 0.397. The number of fused-ring (bicyclic) bond motifs is 1. The van der Waals surface area contributed by atoms with Gasteiger partial charge in [0, 0.05) is 24.3 Å². The molecule has 118 valence electrons. The van der Waals surface area contributed by atoms with Gasteiger partial charge in [0.15, 0.2) is 11.6 Å². The van der Waals surface area contributed by atoms with E-state index in [0.717, 1.165) is 0 Å². The van der Waals surface area contributed by atoms with Crippen molar-refractivity contribution < 1.29 is 9.59 Å². The smallest absolute Gasteiger partial charge is 0.226 e. The van der Waals surface area contributed by atoms with Gasteiger partial charge in [0.05, 0.1) is 17.1 Å². The van der Waals surface area contributed by atoms with Crippen LogP contribution in [0.3, 0.4) is 0 Å². The van der Waals surface area contributed by atoms with Gasteiger partial charge in [-0.1, -0.05) is 18.5 Å². The van der Waals surface area contributed by atoms with E-state index in [1.807, 2.05) is 6.07 Å². The highest BCUT2D eigenvalue weighted by Gasteiger charge is 2.14. The zero-order valence-corrected chi connectivity index (χ0v) is 13.1. The zero-order valence-electron chi connectivity index (χ0n) is 12.4. The maximum Gasteiger partial charge on any atom is 0.226 e. The molecule has 0 aliphatic heterocycles. The monoisotopic (exact) mass is 331 g/mol. The van der Waals surface area contributed by atoms with Gasteiger partial charge in [0.25, 0.3) is 0 Å². The van der Waals surface area contributed by atoms with Crippen LogP contribution in [-0.2, 0) is 9.59 Å². The number of nitrogens with one attached hydrogen (secondary N) is 2. The Balaban J connectivity index is 2.40. The number of carbonyl (C=O) groups excluding carboxylic acids is 2. The third kappa shape index (κ3) is 4.37. The molecule has 0 saturated carbocycles. The van der Waals surface area contributed by atoms with Crippen LogP contribution in [0, 0.1) is 11.3 Å². The number of nitrogens with zero attached hydrogens (tertiary/aromatic N) is 3. The number of nitriles is 1. The summed E-state index contributed by atoms with van der Waals surface area (Å²) in [4.78, 5) is 32.0. The fourth-order valence-corrected chi connectivity index (χ4v) is 1.95. The second-order valence-electron chi connectivity index (χ2n) is 4.66. The molecule has 0 aliphatic carbocycles. The van der Waals surface area contributed by atoms with Crippen LogP contribution in [0.4, 0.5) is 11.6 Å². The first kappa shape index (κ1) is 16.6. The van der Waals surface area contributed by atoms with E-state index >= 15 is 0 Å². The van der Waals surface area contributed by atoms with Crippen LogP contribution in [-0.4, -0.2) is 21.8 Å². The number of carbonyl (C=O) groups is 2. The van der Waals surface area contributed by atoms with Crippen LogP contribution in [0.5, 0.6) is 0 Å². The minimum absolute atomic E-state index is 0.0397. The second kappa shape index (κ2) is 7.51. The number of aromatic nitrogens is 2. The highest BCUT2D eigenvalue weighted by atomic mass is 35.5. The molecule has 2 aromatic rings. The first-order chi connectivity index (χ1) is 11.0. The van der Waals surface area contributed by atoms with Gasteiger partial charge in [-0.3, -0.25) is 9.59 Å². The van der Waals surface area contributed by atoms with E-state index in [1.54, 1.807) is 25.1 Å². The highest BCUT2D eigenvalue weighted by Crippen LogP contribution is 2.24. The Kier molecular flexibility index (Phi) is 5.44. The predicted octanol–water partition coefficient (Wildman–Crippen LogP) is 2.87. The van der Waals surface area contributed by atoms with Crippen molar-refractivity contribution in [2.24, 2.45) is 0 Å². The molecule has 0 fully saturated rings. The molecule has 1 aromatic carbocycles. The third-order valence-electron chi connectivity index (χ3n) is 2.93. The Bertz CT molecular complexity index is 800. The summed E-state index contributed by atoms with van der Waals surface area (Å²) in [6.45, 7) is 1.70. The van der Waals surface area contributed by atoms with Crippen LogP contribution >= 0.6 is 11.6 Å². The van der Waals surface area contributed by atoms with Gasteiger partial charge < -0.3 is 10.6 Å².